The number of nitrogens with zero attached hydrogens (tertiary/aromatic N) is 1. The van der Waals surface area contributed by atoms with Crippen molar-refractivity contribution in [1.29, 1.82) is 0 Å². The van der Waals surface area contributed by atoms with Gasteiger partial charge < -0.3 is 15.5 Å². The van der Waals surface area contributed by atoms with Gasteiger partial charge in [0.2, 0.25) is 5.91 Å². The van der Waals surface area contributed by atoms with Gasteiger partial charge in [0.05, 0.1) is 0 Å². The summed E-state index contributed by atoms with van der Waals surface area (Å²) in [7, 11) is 0. The molecule has 0 heterocycles. The van der Waals surface area contributed by atoms with Crippen molar-refractivity contribution in [3.63, 3.8) is 0 Å². The molecule has 7 heteroatoms. The second-order valence-corrected chi connectivity index (χ2v) is 11.3. The van der Waals surface area contributed by atoms with Gasteiger partial charge in [0, 0.05) is 13.0 Å². The number of aliphatic imine (C=N–C) groups is 1. The molecule has 1 amide bonds. The zero-order chi connectivity index (χ0) is 28.3. The SMILES string of the molecule is CCCCCCCCCCCCCCCCCCNC(=O)[C@@H](N=C([O-])CCCCCCC(=O)O)[C@@H](C)CC.[Na+]. The average molecular weight is 561 g/mol. The second kappa shape index (κ2) is 30.4. The van der Waals surface area contributed by atoms with Crippen LogP contribution in [0.15, 0.2) is 4.99 Å². The number of carboxylic acids is 1. The van der Waals surface area contributed by atoms with Gasteiger partial charge in [-0.2, -0.15) is 0 Å². The Morgan fingerprint density at radius 2 is 1.10 bits per heavy atom. The van der Waals surface area contributed by atoms with Gasteiger partial charge in [-0.3, -0.25) is 14.6 Å². The molecule has 2 N–H and O–H groups in total. The van der Waals surface area contributed by atoms with Crippen LogP contribution < -0.4 is 40.0 Å². The molecule has 0 aromatic heterocycles. The molecule has 39 heavy (non-hydrogen) atoms. The summed E-state index contributed by atoms with van der Waals surface area (Å²) in [5.41, 5.74) is 0. The summed E-state index contributed by atoms with van der Waals surface area (Å²) in [4.78, 5) is 27.5. The van der Waals surface area contributed by atoms with E-state index in [0.717, 1.165) is 32.1 Å². The summed E-state index contributed by atoms with van der Waals surface area (Å²) in [6.45, 7) is 6.91. The molecule has 0 saturated carbocycles. The number of rotatable bonds is 28. The van der Waals surface area contributed by atoms with E-state index in [-0.39, 0.29) is 53.7 Å². The third kappa shape index (κ3) is 27.4. The largest absolute Gasteiger partial charge is 1.00 e. The van der Waals surface area contributed by atoms with Crippen LogP contribution >= 0.6 is 0 Å². The van der Waals surface area contributed by atoms with Crippen molar-refractivity contribution in [2.45, 2.75) is 174 Å². The van der Waals surface area contributed by atoms with Crippen molar-refractivity contribution >= 4 is 17.8 Å². The Labute approximate surface area is 263 Å². The average Bonchev–Trinajstić information content (AvgIpc) is 2.90. The molecule has 0 spiro atoms. The molecule has 2 atom stereocenters. The summed E-state index contributed by atoms with van der Waals surface area (Å²) >= 11 is 0. The summed E-state index contributed by atoms with van der Waals surface area (Å²) in [5, 5.41) is 24.0. The van der Waals surface area contributed by atoms with E-state index in [1.54, 1.807) is 0 Å². The number of hydrogen-bond donors (Lipinski definition) is 2. The molecule has 0 saturated heterocycles. The molecular weight excluding hydrogens is 499 g/mol. The minimum atomic E-state index is -0.780. The van der Waals surface area contributed by atoms with E-state index in [4.69, 9.17) is 5.11 Å². The molecule has 0 rings (SSSR count). The maximum atomic E-state index is 12.7. The Bertz CT molecular complexity index is 601. The number of nitrogens with one attached hydrogen (secondary N) is 1. The molecule has 0 aromatic rings. The van der Waals surface area contributed by atoms with E-state index in [2.05, 4.69) is 17.2 Å². The van der Waals surface area contributed by atoms with Crippen LogP contribution in [0.1, 0.15) is 168 Å². The molecular formula is C32H61N2NaO4. The molecule has 6 nitrogen and oxygen atoms in total. The van der Waals surface area contributed by atoms with Crippen LogP contribution in [0, 0.1) is 5.92 Å². The van der Waals surface area contributed by atoms with Gasteiger partial charge in [-0.05, 0) is 37.5 Å². The number of amides is 1. The van der Waals surface area contributed by atoms with Crippen LogP contribution in [0.3, 0.4) is 0 Å². The van der Waals surface area contributed by atoms with Crippen molar-refractivity contribution in [2.75, 3.05) is 6.54 Å². The topological polar surface area (TPSA) is 102 Å². The summed E-state index contributed by atoms with van der Waals surface area (Å²) in [6, 6.07) is -0.611. The molecule has 0 aromatic carbocycles. The minimum Gasteiger partial charge on any atom is -0.862 e. The zero-order valence-corrected chi connectivity index (χ0v) is 28.2. The van der Waals surface area contributed by atoms with Crippen LogP contribution in [-0.4, -0.2) is 35.5 Å². The van der Waals surface area contributed by atoms with Crippen molar-refractivity contribution in [3.8, 4) is 0 Å². The number of carboxylic acid groups (broad SMARTS) is 1. The quantitative estimate of drug-likeness (QED) is 0.0611. The van der Waals surface area contributed by atoms with E-state index in [1.807, 2.05) is 13.8 Å². The monoisotopic (exact) mass is 560 g/mol. The Balaban J connectivity index is 0. The number of carbonyl (C=O) groups excluding carboxylic acids is 1. The molecule has 0 fully saturated rings. The first kappa shape index (κ1) is 40.5. The summed E-state index contributed by atoms with van der Waals surface area (Å²) in [6.07, 6.45) is 25.5. The molecule has 0 unspecified atom stereocenters. The van der Waals surface area contributed by atoms with Crippen molar-refractivity contribution in [1.82, 2.24) is 5.32 Å². The predicted molar refractivity (Wildman–Crippen MR) is 159 cm³/mol. The van der Waals surface area contributed by atoms with Gasteiger partial charge in [0.15, 0.2) is 0 Å². The van der Waals surface area contributed by atoms with E-state index in [1.165, 1.54) is 89.9 Å². The third-order valence-corrected chi connectivity index (χ3v) is 7.60. The maximum absolute atomic E-state index is 12.7. The number of unbranched alkanes of at least 4 members (excludes halogenated alkanes) is 18. The first-order chi connectivity index (χ1) is 18.4. The van der Waals surface area contributed by atoms with Crippen LogP contribution in [0.2, 0.25) is 0 Å². The van der Waals surface area contributed by atoms with Crippen LogP contribution in [0.25, 0.3) is 0 Å². The van der Waals surface area contributed by atoms with Crippen LogP contribution in [-0.2, 0) is 9.59 Å². The fourth-order valence-corrected chi connectivity index (χ4v) is 4.78. The number of hydrogen-bond acceptors (Lipinski definition) is 4. The molecule has 224 valence electrons. The molecule has 0 aliphatic carbocycles. The summed E-state index contributed by atoms with van der Waals surface area (Å²) < 4.78 is 0. The minimum absolute atomic E-state index is 0. The second-order valence-electron chi connectivity index (χ2n) is 11.3. The fraction of sp³-hybridized carbons (Fsp3) is 0.906. The standard InChI is InChI=1S/C32H62N2O4.Na/c1-4-6-7-8-9-10-11-12-13-14-15-16-17-18-21-24-27-33-32(38)31(28(3)5-2)34-29(35)25-22-19-20-23-26-30(36)37;/h28,31H,4-27H2,1-3H3,(H,33,38)(H,34,35)(H,36,37);/q;+1/p-1/t28-,31-;/m0./s1. The Morgan fingerprint density at radius 3 is 1.54 bits per heavy atom. The van der Waals surface area contributed by atoms with E-state index >= 15 is 0 Å². The van der Waals surface area contributed by atoms with Crippen molar-refractivity contribution in [2.24, 2.45) is 10.9 Å². The van der Waals surface area contributed by atoms with Crippen LogP contribution in [0.5, 0.6) is 0 Å². The Hall–Kier alpha value is -0.590. The summed E-state index contributed by atoms with van der Waals surface area (Å²) in [5.74, 6) is -1.10. The van der Waals surface area contributed by atoms with Gasteiger partial charge in [-0.25, -0.2) is 0 Å². The zero-order valence-electron chi connectivity index (χ0n) is 26.2. The first-order valence-electron chi connectivity index (χ1n) is 16.2. The van der Waals surface area contributed by atoms with Gasteiger partial charge in [0.1, 0.15) is 6.04 Å². The van der Waals surface area contributed by atoms with E-state index < -0.39 is 12.0 Å². The Kier molecular flexibility index (Phi) is 31.6. The predicted octanol–water partition coefficient (Wildman–Crippen LogP) is 4.97. The van der Waals surface area contributed by atoms with E-state index in [9.17, 15) is 14.7 Å². The molecule has 0 radical (unpaired) electrons. The third-order valence-electron chi connectivity index (χ3n) is 7.60. The normalized spacial score (nSPS) is 13.1. The molecule has 0 aliphatic rings. The first-order valence-corrected chi connectivity index (χ1v) is 16.2. The molecule has 0 bridgehead atoms. The van der Waals surface area contributed by atoms with Crippen molar-refractivity contribution in [3.05, 3.63) is 0 Å². The van der Waals surface area contributed by atoms with Gasteiger partial charge in [-0.1, -0.05) is 136 Å². The van der Waals surface area contributed by atoms with Gasteiger partial charge in [0.25, 0.3) is 0 Å². The Morgan fingerprint density at radius 1 is 0.692 bits per heavy atom. The molecule has 0 aliphatic heterocycles. The number of aliphatic carboxylic acids is 1. The number of carbonyl (C=O) groups is 2. The smallest absolute Gasteiger partial charge is 0.862 e. The fourth-order valence-electron chi connectivity index (χ4n) is 4.78. The van der Waals surface area contributed by atoms with Crippen LogP contribution in [0.4, 0.5) is 0 Å². The van der Waals surface area contributed by atoms with Crippen molar-refractivity contribution < 1.29 is 49.4 Å². The maximum Gasteiger partial charge on any atom is 1.00 e. The van der Waals surface area contributed by atoms with Gasteiger partial charge in [-0.15, -0.1) is 0 Å². The van der Waals surface area contributed by atoms with Gasteiger partial charge >= 0.3 is 35.5 Å². The van der Waals surface area contributed by atoms with E-state index in [0.29, 0.717) is 25.8 Å².